The lowest BCUT2D eigenvalue weighted by Gasteiger charge is -2.47. The van der Waals surface area contributed by atoms with Crippen molar-refractivity contribution in [2.45, 2.75) is 44.2 Å². The molecule has 1 aromatic rings. The minimum absolute atomic E-state index is 0.0352. The fraction of sp³-hybridized carbons (Fsp3) is 0.692. The zero-order valence-corrected chi connectivity index (χ0v) is 15.6. The number of nitrogens with zero attached hydrogens (tertiary/aromatic N) is 1. The average Bonchev–Trinajstić information content (AvgIpc) is 2.85. The van der Waals surface area contributed by atoms with Gasteiger partial charge in [-0.3, -0.25) is 0 Å². The molecule has 1 aliphatic rings. The summed E-state index contributed by atoms with van der Waals surface area (Å²) in [4.78, 5) is 4.57. The molecular weight excluding hydrogens is 417 g/mol. The lowest BCUT2D eigenvalue weighted by molar-refractivity contribution is -0.241. The Balaban J connectivity index is 2.53. The maximum Gasteiger partial charge on any atom is 0.414 e. The molecule has 4 nitrogen and oxygen atoms in total. The van der Waals surface area contributed by atoms with Crippen LogP contribution in [0, 0.1) is 5.92 Å². The summed E-state index contributed by atoms with van der Waals surface area (Å²) in [5, 5.41) is 14.9. The van der Waals surface area contributed by atoms with Gasteiger partial charge in [0, 0.05) is 11.3 Å². The number of halogens is 4. The van der Waals surface area contributed by atoms with Crippen molar-refractivity contribution in [2.75, 3.05) is 6.61 Å². The van der Waals surface area contributed by atoms with E-state index >= 15 is 0 Å². The smallest absolute Gasteiger partial charge is 0.383 e. The van der Waals surface area contributed by atoms with Crippen molar-refractivity contribution in [2.24, 2.45) is 5.92 Å². The lowest BCUT2D eigenvalue weighted by atomic mass is 9.75. The molecular formula is C13H16BrF3N2O2S2. The molecule has 1 unspecified atom stereocenters. The largest absolute Gasteiger partial charge is 0.414 e. The predicted molar refractivity (Wildman–Crippen MR) is 88.5 cm³/mol. The molecule has 23 heavy (non-hydrogen) atoms. The number of ether oxygens (including phenoxy) is 1. The first kappa shape index (κ1) is 19.0. The van der Waals surface area contributed by atoms with Gasteiger partial charge in [-0.2, -0.15) is 13.2 Å². The molecule has 0 spiro atoms. The zero-order chi connectivity index (χ0) is 17.4. The van der Waals surface area contributed by atoms with E-state index in [-0.39, 0.29) is 13.0 Å². The highest BCUT2D eigenvalue weighted by Gasteiger charge is 2.57. The maximum atomic E-state index is 13.2. The highest BCUT2D eigenvalue weighted by molar-refractivity contribution is 9.10. The Kier molecular flexibility index (Phi) is 5.72. The number of rotatable bonds is 3. The van der Waals surface area contributed by atoms with Gasteiger partial charge >= 0.3 is 6.18 Å². The number of aromatic nitrogens is 1. The second-order valence-electron chi connectivity index (χ2n) is 5.58. The van der Waals surface area contributed by atoms with Crippen molar-refractivity contribution in [3.8, 4) is 0 Å². The van der Waals surface area contributed by atoms with Crippen LogP contribution < -0.4 is 5.32 Å². The summed E-state index contributed by atoms with van der Waals surface area (Å²) < 4.78 is 45.7. The Bertz CT molecular complexity index is 584. The number of thiazole rings is 1. The van der Waals surface area contributed by atoms with Gasteiger partial charge in [-0.15, -0.1) is 11.3 Å². The summed E-state index contributed by atoms with van der Waals surface area (Å²) in [6.45, 7) is 3.21. The first-order valence-corrected chi connectivity index (χ1v) is 8.91. The molecule has 0 aromatic carbocycles. The highest BCUT2D eigenvalue weighted by atomic mass is 79.9. The summed E-state index contributed by atoms with van der Waals surface area (Å²) in [5.41, 5.74) is -1.32. The maximum absolute atomic E-state index is 13.2. The topological polar surface area (TPSA) is 54.4 Å². The summed E-state index contributed by atoms with van der Waals surface area (Å²) in [6.07, 6.45) is -7.61. The van der Waals surface area contributed by atoms with Gasteiger partial charge in [0.2, 0.25) is 0 Å². The number of hydrogen-bond donors (Lipinski definition) is 2. The van der Waals surface area contributed by atoms with E-state index in [1.165, 1.54) is 11.3 Å². The van der Waals surface area contributed by atoms with Crippen molar-refractivity contribution in [1.82, 2.24) is 10.3 Å². The van der Waals surface area contributed by atoms with E-state index in [0.29, 0.717) is 14.6 Å². The van der Waals surface area contributed by atoms with Crippen LogP contribution in [0.25, 0.3) is 0 Å². The molecule has 0 radical (unpaired) electrons. The average molecular weight is 433 g/mol. The summed E-state index contributed by atoms with van der Waals surface area (Å²) in [5.74, 6) is -1.16. The van der Waals surface area contributed by atoms with Crippen molar-refractivity contribution in [1.29, 1.82) is 0 Å². The molecule has 2 heterocycles. The van der Waals surface area contributed by atoms with Gasteiger partial charge in [0.15, 0.2) is 6.10 Å². The summed E-state index contributed by atoms with van der Waals surface area (Å²) >= 11 is 9.45. The van der Waals surface area contributed by atoms with Gasteiger partial charge in [-0.1, -0.05) is 12.2 Å². The number of hydrogen-bond acceptors (Lipinski definition) is 5. The first-order chi connectivity index (χ1) is 10.6. The van der Waals surface area contributed by atoms with E-state index in [4.69, 9.17) is 17.0 Å². The van der Waals surface area contributed by atoms with Crippen LogP contribution in [0.3, 0.4) is 0 Å². The minimum atomic E-state index is -4.74. The van der Waals surface area contributed by atoms with E-state index in [0.717, 1.165) is 0 Å². The molecule has 4 atom stereocenters. The Morgan fingerprint density at radius 3 is 2.78 bits per heavy atom. The van der Waals surface area contributed by atoms with Crippen LogP contribution in [0.5, 0.6) is 0 Å². The Labute approximate surface area is 149 Å². The highest BCUT2D eigenvalue weighted by Crippen LogP contribution is 2.45. The molecule has 1 aliphatic heterocycles. The molecule has 2 N–H and O–H groups in total. The minimum Gasteiger partial charge on any atom is -0.383 e. The number of thiocarbonyl (C=S) groups is 1. The Hall–Kier alpha value is -0.290. The van der Waals surface area contributed by atoms with Crippen LogP contribution in [0.15, 0.2) is 9.98 Å². The molecule has 0 saturated carbocycles. The zero-order valence-electron chi connectivity index (χ0n) is 12.4. The molecule has 1 fully saturated rings. The van der Waals surface area contributed by atoms with Gasteiger partial charge in [0.05, 0.1) is 17.7 Å². The van der Waals surface area contributed by atoms with E-state index in [2.05, 4.69) is 26.2 Å². The molecule has 0 aliphatic carbocycles. The van der Waals surface area contributed by atoms with Crippen molar-refractivity contribution < 1.29 is 23.0 Å². The normalized spacial score (nSPS) is 30.0. The molecule has 2 rings (SSSR count). The van der Waals surface area contributed by atoms with Gasteiger partial charge in [-0.25, -0.2) is 4.98 Å². The monoisotopic (exact) mass is 432 g/mol. The third-order valence-electron chi connectivity index (χ3n) is 3.79. The SMILES string of the molecule is CC(=S)N[C@@]1(c2nc(Br)cs2)CO[C@@H](C)C[C@H]1C(O)C(F)(F)F. The van der Waals surface area contributed by atoms with Crippen LogP contribution in [0.4, 0.5) is 13.2 Å². The first-order valence-electron chi connectivity index (χ1n) is 6.83. The fourth-order valence-electron chi connectivity index (χ4n) is 2.81. The van der Waals surface area contributed by atoms with E-state index < -0.39 is 29.8 Å². The summed E-state index contributed by atoms with van der Waals surface area (Å²) in [6, 6.07) is 0. The van der Waals surface area contributed by atoms with Crippen LogP contribution in [0.2, 0.25) is 0 Å². The molecule has 130 valence electrons. The van der Waals surface area contributed by atoms with Gasteiger partial charge < -0.3 is 15.2 Å². The van der Waals surface area contributed by atoms with Gasteiger partial charge in [0.25, 0.3) is 0 Å². The second-order valence-corrected chi connectivity index (χ2v) is 7.86. The van der Waals surface area contributed by atoms with Crippen LogP contribution >= 0.6 is 39.5 Å². The van der Waals surface area contributed by atoms with Gasteiger partial charge in [0.1, 0.15) is 15.1 Å². The molecule has 10 heteroatoms. The molecule has 0 bridgehead atoms. The van der Waals surface area contributed by atoms with Crippen molar-refractivity contribution in [3.05, 3.63) is 15.0 Å². The number of aliphatic hydroxyl groups is 1. The lowest BCUT2D eigenvalue weighted by Crippen LogP contribution is -2.62. The van der Waals surface area contributed by atoms with Gasteiger partial charge in [-0.05, 0) is 36.2 Å². The quantitative estimate of drug-likeness (QED) is 0.716. The predicted octanol–water partition coefficient (Wildman–Crippen LogP) is 3.39. The van der Waals surface area contributed by atoms with Crippen LogP contribution in [0.1, 0.15) is 25.3 Å². The standard InChI is InChI=1S/C13H16BrF3N2O2S2/c1-6-3-8(10(20)13(15,16)17)12(5-21-6,19-7(2)22)11-18-9(14)4-23-11/h4,6,8,10,20H,3,5H2,1-2H3,(H,19,22)/t6-,8-,10?,12-/m0/s1. The van der Waals surface area contributed by atoms with E-state index in [9.17, 15) is 18.3 Å². The third-order valence-corrected chi connectivity index (χ3v) is 5.62. The molecule has 1 saturated heterocycles. The Morgan fingerprint density at radius 1 is 1.65 bits per heavy atom. The van der Waals surface area contributed by atoms with Crippen LogP contribution in [-0.2, 0) is 10.3 Å². The fourth-order valence-corrected chi connectivity index (χ4v) is 4.45. The van der Waals surface area contributed by atoms with E-state index in [1.807, 2.05) is 0 Å². The van der Waals surface area contributed by atoms with E-state index in [1.54, 1.807) is 19.2 Å². The molecule has 1 aromatic heterocycles. The number of aliphatic hydroxyl groups excluding tert-OH is 1. The van der Waals surface area contributed by atoms with Crippen LogP contribution in [-0.4, -0.2) is 40.1 Å². The number of alkyl halides is 3. The Morgan fingerprint density at radius 2 is 2.30 bits per heavy atom. The second kappa shape index (κ2) is 6.91. The summed E-state index contributed by atoms with van der Waals surface area (Å²) in [7, 11) is 0. The van der Waals surface area contributed by atoms with Crippen molar-refractivity contribution in [3.63, 3.8) is 0 Å². The number of nitrogens with one attached hydrogen (secondary N) is 1. The third kappa shape index (κ3) is 4.04. The molecule has 0 amide bonds. The van der Waals surface area contributed by atoms with Crippen molar-refractivity contribution >= 4 is 44.5 Å².